The molecule has 12 nitrogen and oxygen atoms in total. The first-order valence-corrected chi connectivity index (χ1v) is 17.2. The number of allylic oxidation sites excluding steroid dienone is 1. The molecular formula is C33H51Cl2N5O7. The maximum absolute atomic E-state index is 14.2. The Labute approximate surface area is 287 Å². The zero-order chi connectivity index (χ0) is 35.3. The number of esters is 1. The fourth-order valence-electron chi connectivity index (χ4n) is 6.40. The van der Waals surface area contributed by atoms with Crippen molar-refractivity contribution in [3.8, 4) is 0 Å². The number of ketones is 1. The molecule has 5 atom stereocenters. The number of ether oxygens (including phenoxy) is 1. The highest BCUT2D eigenvalue weighted by Crippen LogP contribution is 2.65. The first-order chi connectivity index (χ1) is 21.8. The molecule has 264 valence electrons. The van der Waals surface area contributed by atoms with Crippen LogP contribution in [0.3, 0.4) is 0 Å². The molecule has 0 aromatic carbocycles. The second-order valence-electron chi connectivity index (χ2n) is 14.9. The van der Waals surface area contributed by atoms with Gasteiger partial charge < -0.3 is 30.9 Å². The number of urea groups is 1. The van der Waals surface area contributed by atoms with Crippen molar-refractivity contribution < 1.29 is 33.5 Å². The Morgan fingerprint density at radius 3 is 2.21 bits per heavy atom. The van der Waals surface area contributed by atoms with Crippen LogP contribution in [0.5, 0.6) is 0 Å². The van der Waals surface area contributed by atoms with Gasteiger partial charge in [-0.1, -0.05) is 25.3 Å². The lowest BCUT2D eigenvalue weighted by atomic mass is 9.83. The predicted molar refractivity (Wildman–Crippen MR) is 179 cm³/mol. The molecule has 14 heteroatoms. The molecule has 0 bridgehead atoms. The summed E-state index contributed by atoms with van der Waals surface area (Å²) in [6.07, 6.45) is 6.19. The molecule has 5 amide bonds. The summed E-state index contributed by atoms with van der Waals surface area (Å²) >= 11 is 13.1. The number of likely N-dealkylation sites (tertiary alicyclic amines) is 1. The van der Waals surface area contributed by atoms with Crippen LogP contribution >= 0.6 is 23.2 Å². The van der Waals surface area contributed by atoms with E-state index in [1.54, 1.807) is 26.8 Å². The molecule has 5 unspecified atom stereocenters. The molecule has 3 aliphatic rings. The van der Waals surface area contributed by atoms with Crippen molar-refractivity contribution in [3.05, 3.63) is 12.7 Å². The second kappa shape index (κ2) is 15.6. The first-order valence-electron chi connectivity index (χ1n) is 16.5. The van der Waals surface area contributed by atoms with E-state index in [2.05, 4.69) is 27.8 Å². The number of rotatable bonds is 13. The molecule has 3 rings (SSSR count). The third-order valence-electron chi connectivity index (χ3n) is 8.60. The molecule has 2 saturated carbocycles. The van der Waals surface area contributed by atoms with E-state index in [4.69, 9.17) is 27.9 Å². The molecule has 0 radical (unpaired) electrons. The normalized spacial score (nSPS) is 23.4. The minimum atomic E-state index is -1.24. The van der Waals surface area contributed by atoms with E-state index >= 15 is 0 Å². The number of Topliss-reactive ketones (excluding diaryl/α,β-unsaturated/α-hetero) is 1. The van der Waals surface area contributed by atoms with E-state index < -0.39 is 75.0 Å². The second-order valence-corrected chi connectivity index (χ2v) is 16.3. The summed E-state index contributed by atoms with van der Waals surface area (Å²) in [5.41, 5.74) is -1.23. The Hall–Kier alpha value is -2.86. The van der Waals surface area contributed by atoms with Gasteiger partial charge in [-0.3, -0.25) is 24.0 Å². The van der Waals surface area contributed by atoms with Crippen molar-refractivity contribution in [1.82, 2.24) is 26.2 Å². The summed E-state index contributed by atoms with van der Waals surface area (Å²) < 4.78 is 3.98. The van der Waals surface area contributed by atoms with E-state index in [-0.39, 0.29) is 37.8 Å². The standard InChI is InChI=1S/C33H51Cl2N5O7/c1-8-9-15-21(26(42)28(44)36-17-16-22(41)47-32(5,6)7)37-27(43)25-23-20(33(23,34)35)18-40(25)29(45)24(19-13-11-10-12-14-19)38-30(46)39-31(2,3)4/h8,19-21,23-25H,1,9-18H2,2-7H3,(H,36,44)(H,37,43)(H2,38,39,46). The van der Waals surface area contributed by atoms with Gasteiger partial charge in [-0.2, -0.15) is 0 Å². The highest BCUT2D eigenvalue weighted by atomic mass is 35.5. The van der Waals surface area contributed by atoms with Crippen LogP contribution in [0.25, 0.3) is 0 Å². The van der Waals surface area contributed by atoms with Gasteiger partial charge in [0, 0.05) is 30.5 Å². The van der Waals surface area contributed by atoms with Crippen molar-refractivity contribution in [2.24, 2.45) is 17.8 Å². The van der Waals surface area contributed by atoms with Crippen molar-refractivity contribution in [3.63, 3.8) is 0 Å². The van der Waals surface area contributed by atoms with Gasteiger partial charge in [-0.15, -0.1) is 29.8 Å². The fraction of sp³-hybridized carbons (Fsp3) is 0.758. The largest absolute Gasteiger partial charge is 0.460 e. The van der Waals surface area contributed by atoms with E-state index in [1.165, 1.54) is 4.90 Å². The molecule has 1 heterocycles. The Morgan fingerprint density at radius 2 is 1.64 bits per heavy atom. The zero-order valence-corrected chi connectivity index (χ0v) is 29.9. The average Bonchev–Trinajstić information content (AvgIpc) is 3.26. The number of halogens is 2. The van der Waals surface area contributed by atoms with Gasteiger partial charge >= 0.3 is 12.0 Å². The van der Waals surface area contributed by atoms with Crippen LogP contribution in [0.2, 0.25) is 0 Å². The topological polar surface area (TPSA) is 163 Å². The summed E-state index contributed by atoms with van der Waals surface area (Å²) in [4.78, 5) is 80.6. The third-order valence-corrected chi connectivity index (χ3v) is 9.66. The highest BCUT2D eigenvalue weighted by Gasteiger charge is 2.74. The van der Waals surface area contributed by atoms with Gasteiger partial charge in [0.15, 0.2) is 0 Å². The van der Waals surface area contributed by atoms with E-state index in [0.29, 0.717) is 6.42 Å². The first kappa shape index (κ1) is 38.6. The fourth-order valence-corrected chi connectivity index (χ4v) is 7.23. The monoisotopic (exact) mass is 699 g/mol. The Morgan fingerprint density at radius 1 is 1.00 bits per heavy atom. The summed E-state index contributed by atoms with van der Waals surface area (Å²) in [6, 6.07) is -3.71. The van der Waals surface area contributed by atoms with E-state index in [1.807, 2.05) is 20.8 Å². The van der Waals surface area contributed by atoms with Crippen LogP contribution < -0.4 is 21.3 Å². The molecule has 47 heavy (non-hydrogen) atoms. The SMILES string of the molecule is C=CCCC(NC(=O)C1C2C(CN1C(=O)C(NC(=O)NC(C)(C)C)C1CCCCC1)C2(Cl)Cl)C(=O)C(=O)NCCC(=O)OC(C)(C)C. The number of fused-ring (bicyclic) bond motifs is 1. The number of carbonyl (C=O) groups is 6. The molecule has 2 aliphatic carbocycles. The number of nitrogens with zero attached hydrogens (tertiary/aromatic N) is 1. The van der Waals surface area contributed by atoms with Crippen molar-refractivity contribution in [2.75, 3.05) is 13.1 Å². The van der Waals surface area contributed by atoms with Crippen molar-refractivity contribution in [1.29, 1.82) is 0 Å². The summed E-state index contributed by atoms with van der Waals surface area (Å²) in [5, 5.41) is 10.8. The van der Waals surface area contributed by atoms with Crippen molar-refractivity contribution >= 4 is 58.7 Å². The molecule has 0 spiro atoms. The van der Waals surface area contributed by atoms with Gasteiger partial charge in [0.05, 0.1) is 12.5 Å². The summed E-state index contributed by atoms with van der Waals surface area (Å²) in [7, 11) is 0. The predicted octanol–water partition coefficient (Wildman–Crippen LogP) is 3.53. The molecular weight excluding hydrogens is 649 g/mol. The minimum Gasteiger partial charge on any atom is -0.460 e. The highest BCUT2D eigenvalue weighted by molar-refractivity contribution is 6.51. The van der Waals surface area contributed by atoms with Gasteiger partial charge in [0.2, 0.25) is 17.6 Å². The number of carbonyl (C=O) groups excluding carboxylic acids is 6. The number of hydrogen-bond acceptors (Lipinski definition) is 7. The van der Waals surface area contributed by atoms with Crippen LogP contribution in [-0.4, -0.2) is 87.1 Å². The lowest BCUT2D eigenvalue weighted by Crippen LogP contribution is -2.61. The van der Waals surface area contributed by atoms with Gasteiger partial charge in [0.1, 0.15) is 22.0 Å². The van der Waals surface area contributed by atoms with E-state index in [0.717, 1.165) is 32.1 Å². The molecule has 4 N–H and O–H groups in total. The quantitative estimate of drug-likeness (QED) is 0.0989. The summed E-state index contributed by atoms with van der Waals surface area (Å²) in [6.45, 7) is 14.3. The lowest BCUT2D eigenvalue weighted by molar-refractivity contribution is -0.154. The number of alkyl halides is 2. The molecule has 0 aromatic rings. The minimum absolute atomic E-state index is 0.0778. The molecule has 1 aliphatic heterocycles. The van der Waals surface area contributed by atoms with Crippen LogP contribution in [0.15, 0.2) is 12.7 Å². The van der Waals surface area contributed by atoms with Crippen LogP contribution in [0.4, 0.5) is 4.79 Å². The Balaban J connectivity index is 1.77. The van der Waals surface area contributed by atoms with Crippen LogP contribution in [0, 0.1) is 17.8 Å². The lowest BCUT2D eigenvalue weighted by Gasteiger charge is -2.37. The molecule has 0 aromatic heterocycles. The number of piperidine rings is 1. The van der Waals surface area contributed by atoms with Gasteiger partial charge in [-0.05, 0) is 73.1 Å². The smallest absolute Gasteiger partial charge is 0.315 e. The maximum atomic E-state index is 14.2. The number of hydrogen-bond donors (Lipinski definition) is 4. The maximum Gasteiger partial charge on any atom is 0.315 e. The van der Waals surface area contributed by atoms with Gasteiger partial charge in [0.25, 0.3) is 5.91 Å². The zero-order valence-electron chi connectivity index (χ0n) is 28.4. The number of nitrogens with one attached hydrogen (secondary N) is 4. The average molecular weight is 701 g/mol. The molecule has 1 saturated heterocycles. The number of amides is 5. The Bertz CT molecular complexity index is 1220. The summed E-state index contributed by atoms with van der Waals surface area (Å²) in [5.74, 6) is -4.58. The van der Waals surface area contributed by atoms with Gasteiger partial charge in [-0.25, -0.2) is 4.79 Å². The Kier molecular flexibility index (Phi) is 12.8. The molecule has 3 fully saturated rings. The van der Waals surface area contributed by atoms with E-state index in [9.17, 15) is 28.8 Å². The van der Waals surface area contributed by atoms with Crippen molar-refractivity contribution in [2.45, 2.75) is 127 Å². The van der Waals surface area contributed by atoms with Crippen LogP contribution in [0.1, 0.15) is 92.9 Å². The van der Waals surface area contributed by atoms with Crippen LogP contribution in [-0.2, 0) is 28.7 Å². The third kappa shape index (κ3) is 10.6.